The van der Waals surface area contributed by atoms with Gasteiger partial charge < -0.3 is 29.6 Å². The van der Waals surface area contributed by atoms with Crippen molar-refractivity contribution in [3.8, 4) is 11.5 Å². The minimum Gasteiger partial charge on any atom is -0.507 e. The molecule has 2 aromatic carbocycles. The monoisotopic (exact) mass is 470 g/mol. The van der Waals surface area contributed by atoms with E-state index in [2.05, 4.69) is 16.8 Å². The Morgan fingerprint density at radius 3 is 2.57 bits per heavy atom. The summed E-state index contributed by atoms with van der Waals surface area (Å²) in [6.45, 7) is 4.19. The second-order valence-corrected chi connectivity index (χ2v) is 9.15. The summed E-state index contributed by atoms with van der Waals surface area (Å²) >= 11 is 0. The van der Waals surface area contributed by atoms with Crippen LogP contribution in [0.25, 0.3) is 0 Å². The highest BCUT2D eigenvalue weighted by atomic mass is 16.5. The van der Waals surface area contributed by atoms with Crippen LogP contribution in [0.5, 0.6) is 11.5 Å². The molecule has 1 aromatic heterocycles. The Kier molecular flexibility index (Phi) is 5.20. The van der Waals surface area contributed by atoms with Crippen LogP contribution in [0, 0.1) is 0 Å². The Balaban J connectivity index is 1.44. The molecule has 2 N–H and O–H groups in total. The van der Waals surface area contributed by atoms with Gasteiger partial charge in [0.25, 0.3) is 0 Å². The van der Waals surface area contributed by atoms with Gasteiger partial charge in [-0.1, -0.05) is 30.3 Å². The van der Waals surface area contributed by atoms with Gasteiger partial charge in [-0.2, -0.15) is 0 Å². The third-order valence-electron chi connectivity index (χ3n) is 6.97. The molecule has 35 heavy (non-hydrogen) atoms. The molecule has 3 aromatic rings. The number of carbonyl (C=O) groups excluding carboxylic acids is 1. The zero-order valence-electron chi connectivity index (χ0n) is 19.4. The molecule has 3 heterocycles. The van der Waals surface area contributed by atoms with E-state index >= 15 is 0 Å². The topological polar surface area (TPSA) is 89.4 Å². The van der Waals surface area contributed by atoms with E-state index in [9.17, 15) is 15.0 Å². The number of ether oxygens (including phenoxy) is 1. The molecular weight excluding hydrogens is 444 g/mol. The number of aromatic hydroxyl groups is 1. The largest absolute Gasteiger partial charge is 0.507 e. The molecule has 0 spiro atoms. The van der Waals surface area contributed by atoms with Crippen molar-refractivity contribution >= 4 is 17.3 Å². The lowest BCUT2D eigenvalue weighted by Crippen LogP contribution is -2.44. The van der Waals surface area contributed by atoms with Crippen molar-refractivity contribution in [2.24, 2.45) is 0 Å². The number of fused-ring (bicyclic) bond motifs is 2. The fraction of sp³-hybridized carbons (Fsp3) is 0.259. The number of anilines is 2. The summed E-state index contributed by atoms with van der Waals surface area (Å²) in [5.41, 5.74) is 2.39. The second-order valence-electron chi connectivity index (χ2n) is 9.15. The SMILES string of the molecule is CN1CCN(c2ccc(N3Cc4ccccc4OC4=C3[C@H](O)c3cccc(O)c3C4=O)cn2)CC1. The van der Waals surface area contributed by atoms with Gasteiger partial charge in [0.1, 0.15) is 23.4 Å². The van der Waals surface area contributed by atoms with Gasteiger partial charge in [0.15, 0.2) is 5.76 Å². The first-order chi connectivity index (χ1) is 17.0. The number of aromatic nitrogens is 1. The molecule has 0 unspecified atom stereocenters. The van der Waals surface area contributed by atoms with E-state index in [4.69, 9.17) is 9.72 Å². The molecule has 178 valence electrons. The number of benzene rings is 2. The van der Waals surface area contributed by atoms with Gasteiger partial charge in [-0.15, -0.1) is 0 Å². The lowest BCUT2D eigenvalue weighted by atomic mass is 9.88. The lowest BCUT2D eigenvalue weighted by molar-refractivity contribution is 0.0951. The highest BCUT2D eigenvalue weighted by molar-refractivity contribution is 6.12. The molecule has 6 rings (SSSR count). The summed E-state index contributed by atoms with van der Waals surface area (Å²) in [7, 11) is 2.12. The second kappa shape index (κ2) is 8.41. The van der Waals surface area contributed by atoms with Crippen LogP contribution in [0.15, 0.2) is 72.3 Å². The van der Waals surface area contributed by atoms with Crippen molar-refractivity contribution in [2.75, 3.05) is 43.0 Å². The zero-order chi connectivity index (χ0) is 24.1. The first kappa shape index (κ1) is 21.6. The van der Waals surface area contributed by atoms with Gasteiger partial charge in [0.05, 0.1) is 29.7 Å². The van der Waals surface area contributed by atoms with Crippen molar-refractivity contribution in [2.45, 2.75) is 12.6 Å². The number of para-hydroxylation sites is 1. The number of pyridine rings is 1. The van der Waals surface area contributed by atoms with E-state index in [0.717, 1.165) is 43.2 Å². The third kappa shape index (κ3) is 3.62. The highest BCUT2D eigenvalue weighted by Crippen LogP contribution is 2.44. The number of aliphatic hydroxyl groups excluding tert-OH is 1. The molecule has 3 aliphatic rings. The molecule has 0 bridgehead atoms. The Morgan fingerprint density at radius 2 is 1.80 bits per heavy atom. The summed E-state index contributed by atoms with van der Waals surface area (Å²) in [6.07, 6.45) is 0.623. The first-order valence-corrected chi connectivity index (χ1v) is 11.7. The average molecular weight is 471 g/mol. The molecule has 8 heteroatoms. The quantitative estimate of drug-likeness (QED) is 0.591. The highest BCUT2D eigenvalue weighted by Gasteiger charge is 2.41. The molecule has 0 saturated carbocycles. The molecule has 0 radical (unpaired) electrons. The number of ketones is 1. The number of hydrogen-bond donors (Lipinski definition) is 2. The molecule has 1 saturated heterocycles. The van der Waals surface area contributed by atoms with Gasteiger partial charge in [-0.3, -0.25) is 4.79 Å². The van der Waals surface area contributed by atoms with Crippen LogP contribution in [0.1, 0.15) is 27.6 Å². The average Bonchev–Trinajstić information content (AvgIpc) is 3.05. The fourth-order valence-electron chi connectivity index (χ4n) is 4.99. The minimum atomic E-state index is -1.16. The molecule has 1 aliphatic carbocycles. The standard InChI is InChI=1S/C27H26N4O4/c1-29-11-13-30(14-12-29)22-10-9-18(15-28-22)31-16-17-5-2-3-8-21(17)35-27-24(31)25(33)19-6-4-7-20(32)23(19)26(27)34/h2-10,15,25,32-33H,11-14,16H2,1H3/t25-/m1/s1. The molecule has 1 atom stereocenters. The third-order valence-corrected chi connectivity index (χ3v) is 6.97. The van der Waals surface area contributed by atoms with E-state index in [1.807, 2.05) is 35.2 Å². The number of carbonyl (C=O) groups is 1. The maximum atomic E-state index is 13.5. The van der Waals surface area contributed by atoms with Crippen LogP contribution >= 0.6 is 0 Å². The summed E-state index contributed by atoms with van der Waals surface area (Å²) in [4.78, 5) is 24.7. The van der Waals surface area contributed by atoms with Crippen LogP contribution in [0.2, 0.25) is 0 Å². The van der Waals surface area contributed by atoms with Crippen LogP contribution in [0.3, 0.4) is 0 Å². The molecule has 1 fully saturated rings. The van der Waals surface area contributed by atoms with E-state index in [0.29, 0.717) is 23.6 Å². The Morgan fingerprint density at radius 1 is 1.00 bits per heavy atom. The number of Topliss-reactive ketones (excluding diaryl/α,β-unsaturated/α-hetero) is 1. The molecular formula is C27H26N4O4. The number of hydrogen-bond acceptors (Lipinski definition) is 8. The van der Waals surface area contributed by atoms with Crippen LogP contribution < -0.4 is 14.5 Å². The Bertz CT molecular complexity index is 1330. The Labute approximate surface area is 203 Å². The number of piperazine rings is 1. The van der Waals surface area contributed by atoms with E-state index in [-0.39, 0.29) is 17.1 Å². The Hall–Kier alpha value is -3.88. The van der Waals surface area contributed by atoms with Crippen molar-refractivity contribution < 1.29 is 19.7 Å². The van der Waals surface area contributed by atoms with E-state index < -0.39 is 11.9 Å². The number of nitrogens with zero attached hydrogens (tertiary/aromatic N) is 4. The minimum absolute atomic E-state index is 0.0135. The van der Waals surface area contributed by atoms with Gasteiger partial charge in [-0.05, 0) is 31.3 Å². The van der Waals surface area contributed by atoms with Crippen LogP contribution in [0.4, 0.5) is 11.5 Å². The van der Waals surface area contributed by atoms with E-state index in [1.54, 1.807) is 24.4 Å². The van der Waals surface area contributed by atoms with Crippen LogP contribution in [-0.4, -0.2) is 59.1 Å². The molecule has 0 amide bonds. The summed E-state index contributed by atoms with van der Waals surface area (Å²) < 4.78 is 6.12. The normalized spacial score (nSPS) is 20.1. The lowest BCUT2D eigenvalue weighted by Gasteiger charge is -2.34. The summed E-state index contributed by atoms with van der Waals surface area (Å²) in [5, 5.41) is 21.9. The van der Waals surface area contributed by atoms with Gasteiger partial charge in [-0.25, -0.2) is 4.98 Å². The predicted molar refractivity (Wildman–Crippen MR) is 132 cm³/mol. The van der Waals surface area contributed by atoms with Crippen molar-refractivity contribution in [1.29, 1.82) is 0 Å². The van der Waals surface area contributed by atoms with Crippen molar-refractivity contribution in [3.63, 3.8) is 0 Å². The first-order valence-electron chi connectivity index (χ1n) is 11.7. The van der Waals surface area contributed by atoms with Gasteiger partial charge >= 0.3 is 0 Å². The summed E-state index contributed by atoms with van der Waals surface area (Å²) in [5.74, 6) is 0.827. The number of rotatable bonds is 2. The smallest absolute Gasteiger partial charge is 0.234 e. The van der Waals surface area contributed by atoms with Crippen molar-refractivity contribution in [3.05, 3.63) is 88.9 Å². The predicted octanol–water partition coefficient (Wildman–Crippen LogP) is 3.08. The van der Waals surface area contributed by atoms with Crippen LogP contribution in [-0.2, 0) is 6.54 Å². The molecule has 8 nitrogen and oxygen atoms in total. The number of phenols is 1. The fourth-order valence-corrected chi connectivity index (χ4v) is 4.99. The number of phenolic OH excluding ortho intramolecular Hbond substituents is 1. The number of aliphatic hydroxyl groups is 1. The maximum Gasteiger partial charge on any atom is 0.234 e. The van der Waals surface area contributed by atoms with Crippen molar-refractivity contribution in [1.82, 2.24) is 9.88 Å². The number of likely N-dealkylation sites (N-methyl/N-ethyl adjacent to an activating group) is 1. The van der Waals surface area contributed by atoms with E-state index in [1.165, 1.54) is 6.07 Å². The number of allylic oxidation sites excluding steroid dienone is 1. The molecule has 2 aliphatic heterocycles. The summed E-state index contributed by atoms with van der Waals surface area (Å²) in [6, 6.07) is 16.2. The maximum absolute atomic E-state index is 13.5. The van der Waals surface area contributed by atoms with Gasteiger partial charge in [0.2, 0.25) is 5.78 Å². The van der Waals surface area contributed by atoms with Gasteiger partial charge in [0, 0.05) is 37.3 Å². The zero-order valence-corrected chi connectivity index (χ0v) is 19.4.